The van der Waals surface area contributed by atoms with Crippen molar-refractivity contribution in [1.82, 2.24) is 24.7 Å². The Labute approximate surface area is 194 Å². The Bertz CT molecular complexity index is 1210. The first-order valence-electron chi connectivity index (χ1n) is 10.9. The number of ether oxygens (including phenoxy) is 1. The van der Waals surface area contributed by atoms with Gasteiger partial charge in [-0.2, -0.15) is 36.3 Å². The van der Waals surface area contributed by atoms with Gasteiger partial charge in [-0.25, -0.2) is 4.52 Å². The van der Waals surface area contributed by atoms with Gasteiger partial charge in [0.25, 0.3) is 0 Å². The van der Waals surface area contributed by atoms with E-state index in [-0.39, 0.29) is 23.8 Å². The molecular formula is C20H21F6N7O2. The Morgan fingerprint density at radius 3 is 2.34 bits per heavy atom. The molecule has 2 fully saturated rings. The summed E-state index contributed by atoms with van der Waals surface area (Å²) in [6.07, 6.45) is -10.0. The topological polar surface area (TPSA) is 93.6 Å². The molecule has 1 N–H and O–H groups in total. The van der Waals surface area contributed by atoms with Crippen LogP contribution in [0.5, 0.6) is 5.75 Å². The number of anilines is 2. The zero-order valence-corrected chi connectivity index (χ0v) is 18.6. The van der Waals surface area contributed by atoms with Crippen molar-refractivity contribution in [2.45, 2.75) is 51.2 Å². The van der Waals surface area contributed by atoms with Crippen LogP contribution >= 0.6 is 0 Å². The number of aryl methyl sites for hydroxylation is 1. The summed E-state index contributed by atoms with van der Waals surface area (Å²) in [4.78, 5) is 10.3. The SMILES string of the molecule is Cc1noc(N2CC3CCC(C2)C3Nc2nc3c(OC(C)C(F)(F)F)ccc(C(F)(F)F)n3n2)n1. The van der Waals surface area contributed by atoms with E-state index in [1.165, 1.54) is 0 Å². The van der Waals surface area contributed by atoms with Crippen LogP contribution in [0, 0.1) is 18.8 Å². The van der Waals surface area contributed by atoms with Gasteiger partial charge in [-0.05, 0) is 50.7 Å². The van der Waals surface area contributed by atoms with Crippen LogP contribution in [-0.2, 0) is 6.18 Å². The molecule has 35 heavy (non-hydrogen) atoms. The first-order chi connectivity index (χ1) is 16.4. The lowest BCUT2D eigenvalue weighted by atomic mass is 9.92. The van der Waals surface area contributed by atoms with Gasteiger partial charge in [0, 0.05) is 19.1 Å². The van der Waals surface area contributed by atoms with E-state index in [1.807, 2.05) is 4.90 Å². The smallest absolute Gasteiger partial charge is 0.433 e. The number of piperidine rings is 1. The summed E-state index contributed by atoms with van der Waals surface area (Å²) < 4.78 is 90.3. The number of halogens is 6. The van der Waals surface area contributed by atoms with E-state index in [0.717, 1.165) is 25.8 Å². The highest BCUT2D eigenvalue weighted by atomic mass is 19.4. The normalized spacial score (nSPS) is 23.7. The van der Waals surface area contributed by atoms with Crippen LogP contribution in [0.2, 0.25) is 0 Å². The third-order valence-electron chi connectivity index (χ3n) is 6.42. The van der Waals surface area contributed by atoms with Crippen molar-refractivity contribution in [2.24, 2.45) is 11.8 Å². The van der Waals surface area contributed by atoms with Gasteiger partial charge in [-0.1, -0.05) is 5.16 Å². The summed E-state index contributed by atoms with van der Waals surface area (Å²) >= 11 is 0. The maximum Gasteiger partial charge on any atom is 0.433 e. The number of rotatable bonds is 5. The maximum atomic E-state index is 13.6. The molecule has 1 saturated carbocycles. The summed E-state index contributed by atoms with van der Waals surface area (Å²) in [5, 5.41) is 10.9. The lowest BCUT2D eigenvalue weighted by molar-refractivity contribution is -0.189. The van der Waals surface area contributed by atoms with Gasteiger partial charge in [-0.3, -0.25) is 0 Å². The zero-order valence-electron chi connectivity index (χ0n) is 18.6. The molecule has 3 atom stereocenters. The van der Waals surface area contributed by atoms with Crippen molar-refractivity contribution < 1.29 is 35.6 Å². The number of nitrogens with zero attached hydrogens (tertiary/aromatic N) is 6. The fourth-order valence-corrected chi connectivity index (χ4v) is 4.74. The lowest BCUT2D eigenvalue weighted by Gasteiger charge is -2.37. The second-order valence-corrected chi connectivity index (χ2v) is 8.85. The minimum Gasteiger partial charge on any atom is -0.477 e. The Morgan fingerprint density at radius 1 is 1.09 bits per heavy atom. The number of pyridine rings is 1. The second-order valence-electron chi connectivity index (χ2n) is 8.85. The van der Waals surface area contributed by atoms with Crippen LogP contribution < -0.4 is 15.0 Å². The van der Waals surface area contributed by atoms with Gasteiger partial charge in [0.1, 0.15) is 5.69 Å². The molecule has 2 bridgehead atoms. The van der Waals surface area contributed by atoms with Crippen LogP contribution in [-0.4, -0.2) is 56.2 Å². The van der Waals surface area contributed by atoms with E-state index >= 15 is 0 Å². The van der Waals surface area contributed by atoms with Crippen molar-refractivity contribution >= 4 is 17.6 Å². The first kappa shape index (κ1) is 23.5. The standard InChI is InChI=1S/C20H21F6N7O2/c1-9(19(21,22)23)34-13-5-6-14(20(24,25)26)33-16(13)29-17(30-33)28-15-11-3-4-12(15)8-32(7-11)18-27-10(2)31-35-18/h5-6,9,11-12,15H,3-4,7-8H2,1-2H3,(H,28,30). The quantitative estimate of drug-likeness (QED) is 0.519. The minimum atomic E-state index is -4.80. The average Bonchev–Trinajstić information content (AvgIpc) is 3.43. The summed E-state index contributed by atoms with van der Waals surface area (Å²) in [5.41, 5.74) is -1.63. The van der Waals surface area contributed by atoms with E-state index in [2.05, 4.69) is 25.5 Å². The molecule has 2 aliphatic rings. The molecule has 0 aromatic carbocycles. The van der Waals surface area contributed by atoms with Crippen molar-refractivity contribution in [3.63, 3.8) is 0 Å². The first-order valence-corrected chi connectivity index (χ1v) is 10.9. The number of fused-ring (bicyclic) bond motifs is 3. The molecule has 9 nitrogen and oxygen atoms in total. The second kappa shape index (κ2) is 8.16. The largest absolute Gasteiger partial charge is 0.477 e. The third-order valence-corrected chi connectivity index (χ3v) is 6.42. The highest BCUT2D eigenvalue weighted by molar-refractivity contribution is 5.57. The van der Waals surface area contributed by atoms with Crippen LogP contribution in [0.1, 0.15) is 31.3 Å². The van der Waals surface area contributed by atoms with Crippen molar-refractivity contribution in [3.8, 4) is 5.75 Å². The number of hydrogen-bond donors (Lipinski definition) is 1. The molecule has 1 aliphatic carbocycles. The molecule has 1 aliphatic heterocycles. The Morgan fingerprint density at radius 2 is 1.77 bits per heavy atom. The van der Waals surface area contributed by atoms with E-state index in [1.54, 1.807) is 6.92 Å². The molecule has 190 valence electrons. The molecule has 3 unspecified atom stereocenters. The number of hydrogen-bond acceptors (Lipinski definition) is 8. The highest BCUT2D eigenvalue weighted by Crippen LogP contribution is 2.40. The number of aromatic nitrogens is 5. The molecule has 0 radical (unpaired) electrons. The van der Waals surface area contributed by atoms with E-state index < -0.39 is 35.5 Å². The summed E-state index contributed by atoms with van der Waals surface area (Å²) in [6, 6.07) is 1.73. The summed E-state index contributed by atoms with van der Waals surface area (Å²) in [7, 11) is 0. The molecule has 0 amide bonds. The van der Waals surface area contributed by atoms with Gasteiger partial charge in [0.2, 0.25) is 5.95 Å². The van der Waals surface area contributed by atoms with Gasteiger partial charge in [-0.15, -0.1) is 5.10 Å². The Balaban J connectivity index is 1.42. The minimum absolute atomic E-state index is 0.107. The van der Waals surface area contributed by atoms with Gasteiger partial charge < -0.3 is 19.5 Å². The molecule has 0 spiro atoms. The van der Waals surface area contributed by atoms with Crippen LogP contribution in [0.15, 0.2) is 16.7 Å². The number of nitrogens with one attached hydrogen (secondary N) is 1. The molecule has 3 aromatic heterocycles. The van der Waals surface area contributed by atoms with Crippen LogP contribution in [0.3, 0.4) is 0 Å². The van der Waals surface area contributed by atoms with Crippen molar-refractivity contribution in [1.29, 1.82) is 0 Å². The monoisotopic (exact) mass is 505 g/mol. The zero-order chi connectivity index (χ0) is 25.1. The van der Waals surface area contributed by atoms with E-state index in [4.69, 9.17) is 9.26 Å². The van der Waals surface area contributed by atoms with E-state index in [9.17, 15) is 26.3 Å². The average molecular weight is 505 g/mol. The van der Waals surface area contributed by atoms with Crippen LogP contribution in [0.4, 0.5) is 38.3 Å². The maximum absolute atomic E-state index is 13.6. The van der Waals surface area contributed by atoms with Crippen molar-refractivity contribution in [2.75, 3.05) is 23.3 Å². The fraction of sp³-hybridized carbons (Fsp3) is 0.600. The summed E-state index contributed by atoms with van der Waals surface area (Å²) in [5.74, 6) is 0.161. The highest BCUT2D eigenvalue weighted by Gasteiger charge is 2.44. The van der Waals surface area contributed by atoms with E-state index in [0.29, 0.717) is 35.5 Å². The molecule has 3 aromatic rings. The molecular weight excluding hydrogens is 484 g/mol. The summed E-state index contributed by atoms with van der Waals surface area (Å²) in [6.45, 7) is 3.66. The Hall–Kier alpha value is -3.26. The molecule has 5 rings (SSSR count). The van der Waals surface area contributed by atoms with Crippen molar-refractivity contribution in [3.05, 3.63) is 23.7 Å². The van der Waals surface area contributed by atoms with Gasteiger partial charge >= 0.3 is 18.4 Å². The van der Waals surface area contributed by atoms with Gasteiger partial charge in [0.05, 0.1) is 0 Å². The van der Waals surface area contributed by atoms with Crippen LogP contribution in [0.25, 0.3) is 5.65 Å². The third kappa shape index (κ3) is 4.43. The molecule has 15 heteroatoms. The molecule has 1 saturated heterocycles. The lowest BCUT2D eigenvalue weighted by Crippen LogP contribution is -2.48. The predicted octanol–water partition coefficient (Wildman–Crippen LogP) is 4.10. The predicted molar refractivity (Wildman–Crippen MR) is 109 cm³/mol. The fourth-order valence-electron chi connectivity index (χ4n) is 4.74. The van der Waals surface area contributed by atoms with Gasteiger partial charge in [0.15, 0.2) is 23.3 Å². The number of alkyl halides is 6. The Kier molecular flexibility index (Phi) is 5.47. The molecule has 4 heterocycles.